The first kappa shape index (κ1) is 12.2. The summed E-state index contributed by atoms with van der Waals surface area (Å²) in [7, 11) is 0. The van der Waals surface area contributed by atoms with Crippen molar-refractivity contribution in [1.29, 1.82) is 0 Å². The van der Waals surface area contributed by atoms with Gasteiger partial charge in [-0.05, 0) is 77.5 Å². The van der Waals surface area contributed by atoms with E-state index in [1.807, 2.05) is 42.5 Å². The molecule has 0 fully saturated rings. The lowest BCUT2D eigenvalue weighted by atomic mass is 9.89. The molecule has 0 saturated heterocycles. The SMILES string of the molecule is [2H]c1c([2H])c([2H])c2c(-c3cccc(-c4cccc5c4ccc4ccccc45)c3)c3c([2H])c([2H])c([2H])c([2H])c3c([2H])c2c1[2H]. The fourth-order valence-corrected chi connectivity index (χ4v) is 4.86. The summed E-state index contributed by atoms with van der Waals surface area (Å²) in [6.45, 7) is 0. The highest BCUT2D eigenvalue weighted by atomic mass is 14.2. The molecule has 0 nitrogen and oxygen atoms in total. The second-order valence-corrected chi connectivity index (χ2v) is 8.27. The Labute approximate surface area is 211 Å². The topological polar surface area (TPSA) is 0 Å². The van der Waals surface area contributed by atoms with E-state index in [9.17, 15) is 0 Å². The van der Waals surface area contributed by atoms with Crippen LogP contribution in [0, 0.1) is 0 Å². The molecule has 0 saturated carbocycles. The maximum atomic E-state index is 8.94. The molecule has 0 heteroatoms. The van der Waals surface area contributed by atoms with Gasteiger partial charge in [-0.25, -0.2) is 0 Å². The summed E-state index contributed by atoms with van der Waals surface area (Å²) in [5.41, 5.74) is 2.53. The molecular weight excluding hydrogens is 408 g/mol. The van der Waals surface area contributed by atoms with E-state index in [0.717, 1.165) is 32.7 Å². The summed E-state index contributed by atoms with van der Waals surface area (Å²) in [6, 6.07) is 21.9. The monoisotopic (exact) mass is 439 g/mol. The van der Waals surface area contributed by atoms with Crippen molar-refractivity contribution in [2.45, 2.75) is 0 Å². The molecule has 0 bridgehead atoms. The zero-order valence-electron chi connectivity index (χ0n) is 27.0. The van der Waals surface area contributed by atoms with Crippen molar-refractivity contribution in [3.63, 3.8) is 0 Å². The van der Waals surface area contributed by atoms with Gasteiger partial charge in [-0.1, -0.05) is 121 Å². The molecule has 0 aliphatic carbocycles. The van der Waals surface area contributed by atoms with E-state index in [1.165, 1.54) is 0 Å². The predicted octanol–water partition coefficient (Wildman–Crippen LogP) is 9.63. The molecule has 7 rings (SSSR count). The second-order valence-electron chi connectivity index (χ2n) is 8.27. The average Bonchev–Trinajstić information content (AvgIpc) is 3.03. The van der Waals surface area contributed by atoms with E-state index in [1.54, 1.807) is 6.07 Å². The lowest BCUT2D eigenvalue weighted by molar-refractivity contribution is 1.64. The molecule has 34 heavy (non-hydrogen) atoms. The van der Waals surface area contributed by atoms with Crippen molar-refractivity contribution in [1.82, 2.24) is 0 Å². The summed E-state index contributed by atoms with van der Waals surface area (Å²) < 4.78 is 77.3. The fraction of sp³-hybridized carbons (Fsp3) is 0. The first-order chi connectivity index (χ1) is 20.6. The van der Waals surface area contributed by atoms with Gasteiger partial charge in [-0.3, -0.25) is 0 Å². The minimum Gasteiger partial charge on any atom is -0.0616 e. The van der Waals surface area contributed by atoms with Crippen molar-refractivity contribution in [3.05, 3.63) is 133 Å². The van der Waals surface area contributed by atoms with Crippen LogP contribution in [0.15, 0.2) is 133 Å². The van der Waals surface area contributed by atoms with E-state index in [-0.39, 0.29) is 45.2 Å². The third-order valence-electron chi connectivity index (χ3n) is 6.37. The fourth-order valence-electron chi connectivity index (χ4n) is 4.86. The van der Waals surface area contributed by atoms with Gasteiger partial charge in [0.15, 0.2) is 0 Å². The minimum atomic E-state index is -0.506. The number of hydrogen-bond acceptors (Lipinski definition) is 0. The Balaban J connectivity index is 1.64. The Kier molecular flexibility index (Phi) is 2.71. The molecule has 0 N–H and O–H groups in total. The number of rotatable bonds is 2. The van der Waals surface area contributed by atoms with Crippen LogP contribution >= 0.6 is 0 Å². The predicted molar refractivity (Wildman–Crippen MR) is 147 cm³/mol. The first-order valence-corrected chi connectivity index (χ1v) is 11.1. The van der Waals surface area contributed by atoms with Crippen LogP contribution in [0.4, 0.5) is 0 Å². The van der Waals surface area contributed by atoms with Gasteiger partial charge in [0.05, 0.1) is 12.3 Å². The molecule has 0 unspecified atom stereocenters. The highest BCUT2D eigenvalue weighted by Crippen LogP contribution is 2.39. The largest absolute Gasteiger partial charge is 0.0636 e. The van der Waals surface area contributed by atoms with Crippen LogP contribution in [-0.2, 0) is 0 Å². The summed E-state index contributed by atoms with van der Waals surface area (Å²) >= 11 is 0. The maximum Gasteiger partial charge on any atom is 0.0636 e. The Morgan fingerprint density at radius 3 is 1.94 bits per heavy atom. The lowest BCUT2D eigenvalue weighted by Gasteiger charge is -2.14. The highest BCUT2D eigenvalue weighted by molar-refractivity contribution is 6.14. The molecule has 0 aliphatic rings. The third-order valence-corrected chi connectivity index (χ3v) is 6.37. The van der Waals surface area contributed by atoms with Gasteiger partial charge in [-0.15, -0.1) is 0 Å². The molecule has 158 valence electrons. The standard InChI is InChI=1S/C34H22/c1-4-14-28-23(9-1)19-20-33-29(17-8-18-32(28)33)24-12-7-13-27(22-24)34-30-15-5-2-10-25(30)21-26-11-3-6-16-31(26)34/h1-22H/i2D,3D,5D,6D,10D,11D,15D,16D,21D. The van der Waals surface area contributed by atoms with Crippen LogP contribution in [0.3, 0.4) is 0 Å². The molecular formula is C34H22. The van der Waals surface area contributed by atoms with E-state index in [4.69, 9.17) is 12.3 Å². The smallest absolute Gasteiger partial charge is 0.0616 e. The normalized spacial score (nSPS) is 15.2. The van der Waals surface area contributed by atoms with E-state index >= 15 is 0 Å². The molecule has 0 atom stereocenters. The van der Waals surface area contributed by atoms with E-state index in [0.29, 0.717) is 5.56 Å². The van der Waals surface area contributed by atoms with Crippen LogP contribution in [0.1, 0.15) is 12.3 Å². The summed E-state index contributed by atoms with van der Waals surface area (Å²) in [5, 5.41) is 4.29. The van der Waals surface area contributed by atoms with Crippen LogP contribution in [0.25, 0.3) is 65.3 Å². The molecule has 0 amide bonds. The van der Waals surface area contributed by atoms with Gasteiger partial charge in [0.25, 0.3) is 0 Å². The molecule has 0 aliphatic heterocycles. The van der Waals surface area contributed by atoms with Crippen LogP contribution < -0.4 is 0 Å². The van der Waals surface area contributed by atoms with Crippen molar-refractivity contribution in [2.75, 3.05) is 0 Å². The average molecular weight is 440 g/mol. The molecule has 7 aromatic carbocycles. The quantitative estimate of drug-likeness (QED) is 0.186. The van der Waals surface area contributed by atoms with Gasteiger partial charge in [0.2, 0.25) is 0 Å². The van der Waals surface area contributed by atoms with Gasteiger partial charge < -0.3 is 0 Å². The van der Waals surface area contributed by atoms with Crippen molar-refractivity contribution in [2.24, 2.45) is 0 Å². The summed E-state index contributed by atoms with van der Waals surface area (Å²) in [4.78, 5) is 0. The van der Waals surface area contributed by atoms with Crippen LogP contribution in [0.2, 0.25) is 0 Å². The van der Waals surface area contributed by atoms with E-state index in [2.05, 4.69) is 30.3 Å². The zero-order chi connectivity index (χ0) is 30.3. The van der Waals surface area contributed by atoms with Crippen LogP contribution in [0.5, 0.6) is 0 Å². The summed E-state index contributed by atoms with van der Waals surface area (Å²) in [6.07, 6.45) is 0. The Morgan fingerprint density at radius 2 is 1.12 bits per heavy atom. The van der Waals surface area contributed by atoms with Gasteiger partial charge in [0.1, 0.15) is 0 Å². The molecule has 7 aromatic rings. The van der Waals surface area contributed by atoms with Crippen molar-refractivity contribution < 1.29 is 12.3 Å². The van der Waals surface area contributed by atoms with Gasteiger partial charge in [0, 0.05) is 0 Å². The minimum absolute atomic E-state index is 0.0506. The maximum absolute atomic E-state index is 8.94. The molecule has 0 spiro atoms. The van der Waals surface area contributed by atoms with Crippen LogP contribution in [-0.4, -0.2) is 0 Å². The van der Waals surface area contributed by atoms with Crippen molar-refractivity contribution >= 4 is 43.1 Å². The van der Waals surface area contributed by atoms with E-state index < -0.39 is 36.3 Å². The first-order valence-electron chi connectivity index (χ1n) is 15.6. The Bertz CT molecular complexity index is 2260. The van der Waals surface area contributed by atoms with Gasteiger partial charge >= 0.3 is 0 Å². The number of fused-ring (bicyclic) bond motifs is 5. The number of hydrogen-bond donors (Lipinski definition) is 0. The highest BCUT2D eigenvalue weighted by Gasteiger charge is 2.12. The third kappa shape index (κ3) is 2.93. The Morgan fingerprint density at radius 1 is 0.441 bits per heavy atom. The van der Waals surface area contributed by atoms with Gasteiger partial charge in [-0.2, -0.15) is 0 Å². The lowest BCUT2D eigenvalue weighted by Crippen LogP contribution is -1.88. The zero-order valence-corrected chi connectivity index (χ0v) is 18.0. The molecule has 0 heterocycles. The number of benzene rings is 7. The van der Waals surface area contributed by atoms with Crippen molar-refractivity contribution in [3.8, 4) is 22.3 Å². The molecule has 0 radical (unpaired) electrons. The summed E-state index contributed by atoms with van der Waals surface area (Å²) in [5.74, 6) is 0. The second kappa shape index (κ2) is 7.57. The Hall–Kier alpha value is -4.42. The molecule has 0 aromatic heterocycles.